The van der Waals surface area contributed by atoms with Gasteiger partial charge in [-0.25, -0.2) is 5.43 Å². The first-order valence-corrected chi connectivity index (χ1v) is 7.15. The van der Waals surface area contributed by atoms with E-state index in [2.05, 4.69) is 26.5 Å². The Morgan fingerprint density at radius 1 is 1.37 bits per heavy atom. The molecule has 4 nitrogen and oxygen atoms in total. The molecule has 6 heteroatoms. The fraction of sp³-hybridized carbons (Fsp3) is 0.0769. The number of hydrogen-bond acceptors (Lipinski definition) is 4. The monoisotopic (exact) mass is 338 g/mol. The number of nitrogens with one attached hydrogen (secondary N) is 1. The van der Waals surface area contributed by atoms with Crippen molar-refractivity contribution in [2.75, 3.05) is 6.61 Å². The van der Waals surface area contributed by atoms with E-state index < -0.39 is 0 Å². The Hall–Kier alpha value is -1.66. The second-order valence-electron chi connectivity index (χ2n) is 3.55. The summed E-state index contributed by atoms with van der Waals surface area (Å²) in [6.07, 6.45) is 1.60. The van der Waals surface area contributed by atoms with E-state index in [4.69, 9.17) is 4.74 Å². The number of halogens is 1. The fourth-order valence-electron chi connectivity index (χ4n) is 1.24. The van der Waals surface area contributed by atoms with E-state index in [9.17, 15) is 4.79 Å². The Bertz CT molecular complexity index is 553. The van der Waals surface area contributed by atoms with Crippen LogP contribution < -0.4 is 10.2 Å². The smallest absolute Gasteiger partial charge is 0.277 e. The molecule has 0 saturated heterocycles. The molecular weight excluding hydrogens is 328 g/mol. The molecule has 0 fully saturated rings. The number of carbonyl (C=O) groups excluding carboxylic acids is 1. The fourth-order valence-corrected chi connectivity index (χ4v) is 2.09. The molecule has 1 aromatic heterocycles. The minimum Gasteiger partial charge on any atom is -0.484 e. The first-order valence-electron chi connectivity index (χ1n) is 5.48. The maximum absolute atomic E-state index is 11.5. The number of benzene rings is 1. The average molecular weight is 339 g/mol. The van der Waals surface area contributed by atoms with Crippen molar-refractivity contribution in [3.63, 3.8) is 0 Å². The molecule has 0 spiro atoms. The van der Waals surface area contributed by atoms with Crippen LogP contribution in [0.4, 0.5) is 0 Å². The number of carbonyl (C=O) groups is 1. The van der Waals surface area contributed by atoms with Gasteiger partial charge in [0.25, 0.3) is 5.91 Å². The van der Waals surface area contributed by atoms with Crippen molar-refractivity contribution in [1.29, 1.82) is 0 Å². The number of amides is 1. The second kappa shape index (κ2) is 7.06. The molecule has 1 N–H and O–H groups in total. The SMILES string of the molecule is O=C(COc1ccc(Br)cc1)NN=Cc1cccs1. The van der Waals surface area contributed by atoms with Gasteiger partial charge in [-0.05, 0) is 35.7 Å². The Labute approximate surface area is 123 Å². The van der Waals surface area contributed by atoms with E-state index >= 15 is 0 Å². The molecule has 0 radical (unpaired) electrons. The standard InChI is InChI=1S/C13H11BrN2O2S/c14-10-3-5-11(6-4-10)18-9-13(17)16-15-8-12-2-1-7-19-12/h1-8H,9H2,(H,16,17). The first kappa shape index (κ1) is 13.8. The lowest BCUT2D eigenvalue weighted by Gasteiger charge is -2.04. The Morgan fingerprint density at radius 3 is 2.84 bits per heavy atom. The van der Waals surface area contributed by atoms with Crippen LogP contribution in [-0.4, -0.2) is 18.7 Å². The quantitative estimate of drug-likeness (QED) is 0.672. The molecule has 1 heterocycles. The van der Waals surface area contributed by atoms with E-state index in [0.717, 1.165) is 9.35 Å². The third-order valence-electron chi connectivity index (χ3n) is 2.11. The highest BCUT2D eigenvalue weighted by Gasteiger charge is 2.01. The van der Waals surface area contributed by atoms with Crippen LogP contribution in [-0.2, 0) is 4.79 Å². The molecule has 0 bridgehead atoms. The predicted octanol–water partition coefficient (Wildman–Crippen LogP) is 3.04. The van der Waals surface area contributed by atoms with Crippen LogP contribution in [0.5, 0.6) is 5.75 Å². The van der Waals surface area contributed by atoms with Gasteiger partial charge in [-0.15, -0.1) is 11.3 Å². The number of thiophene rings is 1. The van der Waals surface area contributed by atoms with Crippen molar-refractivity contribution in [2.24, 2.45) is 5.10 Å². The molecule has 0 atom stereocenters. The van der Waals surface area contributed by atoms with Crippen LogP contribution in [0.1, 0.15) is 4.88 Å². The van der Waals surface area contributed by atoms with Gasteiger partial charge in [0.1, 0.15) is 5.75 Å². The molecule has 0 unspecified atom stereocenters. The average Bonchev–Trinajstić information content (AvgIpc) is 2.91. The highest BCUT2D eigenvalue weighted by Crippen LogP contribution is 2.15. The zero-order chi connectivity index (χ0) is 13.5. The van der Waals surface area contributed by atoms with Crippen molar-refractivity contribution in [2.45, 2.75) is 0 Å². The van der Waals surface area contributed by atoms with Gasteiger partial charge >= 0.3 is 0 Å². The van der Waals surface area contributed by atoms with Crippen molar-refractivity contribution < 1.29 is 9.53 Å². The molecule has 19 heavy (non-hydrogen) atoms. The summed E-state index contributed by atoms with van der Waals surface area (Å²) in [6, 6.07) is 11.1. The van der Waals surface area contributed by atoms with E-state index in [-0.39, 0.29) is 12.5 Å². The van der Waals surface area contributed by atoms with E-state index in [1.165, 1.54) is 0 Å². The largest absolute Gasteiger partial charge is 0.484 e. The van der Waals surface area contributed by atoms with Gasteiger partial charge in [-0.3, -0.25) is 4.79 Å². The lowest BCUT2D eigenvalue weighted by atomic mass is 10.3. The van der Waals surface area contributed by atoms with E-state index in [1.807, 2.05) is 29.6 Å². The molecule has 0 aliphatic rings. The van der Waals surface area contributed by atoms with Crippen LogP contribution in [0.2, 0.25) is 0 Å². The Morgan fingerprint density at radius 2 is 2.16 bits per heavy atom. The van der Waals surface area contributed by atoms with Crippen LogP contribution >= 0.6 is 27.3 Å². The summed E-state index contributed by atoms with van der Waals surface area (Å²) in [5.41, 5.74) is 2.41. The van der Waals surface area contributed by atoms with Crippen LogP contribution in [0, 0.1) is 0 Å². The summed E-state index contributed by atoms with van der Waals surface area (Å²) in [4.78, 5) is 12.4. The highest BCUT2D eigenvalue weighted by atomic mass is 79.9. The Balaban J connectivity index is 1.74. The van der Waals surface area contributed by atoms with Gasteiger partial charge < -0.3 is 4.74 Å². The molecule has 0 saturated carbocycles. The summed E-state index contributed by atoms with van der Waals surface area (Å²) < 4.78 is 6.27. The summed E-state index contributed by atoms with van der Waals surface area (Å²) >= 11 is 4.88. The summed E-state index contributed by atoms with van der Waals surface area (Å²) in [6.45, 7) is -0.0661. The molecule has 0 aliphatic carbocycles. The van der Waals surface area contributed by atoms with Crippen LogP contribution in [0.3, 0.4) is 0 Å². The lowest BCUT2D eigenvalue weighted by molar-refractivity contribution is -0.123. The van der Waals surface area contributed by atoms with Crippen LogP contribution in [0.15, 0.2) is 51.4 Å². The zero-order valence-electron chi connectivity index (χ0n) is 9.88. The Kier molecular flexibility index (Phi) is 5.11. The van der Waals surface area contributed by atoms with Crippen molar-refractivity contribution >= 4 is 39.4 Å². The first-order chi connectivity index (χ1) is 9.24. The van der Waals surface area contributed by atoms with Gasteiger partial charge in [0.05, 0.1) is 6.21 Å². The van der Waals surface area contributed by atoms with Gasteiger partial charge in [0.2, 0.25) is 0 Å². The maximum Gasteiger partial charge on any atom is 0.277 e. The lowest BCUT2D eigenvalue weighted by Crippen LogP contribution is -2.24. The molecular formula is C13H11BrN2O2S. The molecule has 1 aromatic carbocycles. The van der Waals surface area contributed by atoms with Crippen molar-refractivity contribution in [1.82, 2.24) is 5.43 Å². The number of ether oxygens (including phenoxy) is 1. The second-order valence-corrected chi connectivity index (χ2v) is 5.45. The topological polar surface area (TPSA) is 50.7 Å². The summed E-state index contributed by atoms with van der Waals surface area (Å²) in [5.74, 6) is 0.344. The van der Waals surface area contributed by atoms with Crippen molar-refractivity contribution in [3.05, 3.63) is 51.1 Å². The highest BCUT2D eigenvalue weighted by molar-refractivity contribution is 9.10. The predicted molar refractivity (Wildman–Crippen MR) is 79.7 cm³/mol. The summed E-state index contributed by atoms with van der Waals surface area (Å²) in [5, 5.41) is 5.78. The maximum atomic E-state index is 11.5. The molecule has 0 aliphatic heterocycles. The number of nitrogens with zero attached hydrogens (tertiary/aromatic N) is 1. The molecule has 2 aromatic rings. The van der Waals surface area contributed by atoms with Gasteiger partial charge in [0.15, 0.2) is 6.61 Å². The van der Waals surface area contributed by atoms with Crippen molar-refractivity contribution in [3.8, 4) is 5.75 Å². The number of hydrogen-bond donors (Lipinski definition) is 1. The third kappa shape index (κ3) is 4.84. The van der Waals surface area contributed by atoms with E-state index in [0.29, 0.717) is 5.75 Å². The van der Waals surface area contributed by atoms with Gasteiger partial charge in [-0.1, -0.05) is 22.0 Å². The number of hydrazone groups is 1. The van der Waals surface area contributed by atoms with Gasteiger partial charge in [-0.2, -0.15) is 5.10 Å². The normalized spacial score (nSPS) is 10.6. The minimum atomic E-state index is -0.296. The minimum absolute atomic E-state index is 0.0661. The third-order valence-corrected chi connectivity index (χ3v) is 3.44. The van der Waals surface area contributed by atoms with Crippen LogP contribution in [0.25, 0.3) is 0 Å². The summed E-state index contributed by atoms with van der Waals surface area (Å²) in [7, 11) is 0. The molecule has 1 amide bonds. The molecule has 2 rings (SSSR count). The zero-order valence-corrected chi connectivity index (χ0v) is 12.3. The van der Waals surface area contributed by atoms with Gasteiger partial charge in [0, 0.05) is 9.35 Å². The van der Waals surface area contributed by atoms with E-state index in [1.54, 1.807) is 29.7 Å². The molecule has 98 valence electrons. The number of rotatable bonds is 5.